The fourth-order valence-corrected chi connectivity index (χ4v) is 1.69. The smallest absolute Gasteiger partial charge is 0.242 e. The Morgan fingerprint density at radius 2 is 1.82 bits per heavy atom. The van der Waals surface area contributed by atoms with Crippen LogP contribution in [0.1, 0.15) is 17.6 Å². The molecular formula is C7H5F5N2O2S. The number of hydrogen-bond donors (Lipinski definition) is 1. The molecule has 1 aromatic rings. The van der Waals surface area contributed by atoms with Gasteiger partial charge in [0.1, 0.15) is 0 Å². The van der Waals surface area contributed by atoms with Crippen molar-refractivity contribution in [3.05, 3.63) is 23.4 Å². The summed E-state index contributed by atoms with van der Waals surface area (Å²) in [5.41, 5.74) is -2.84. The highest BCUT2D eigenvalue weighted by Gasteiger charge is 2.34. The molecular weight excluding hydrogens is 271 g/mol. The molecule has 4 nitrogen and oxygen atoms in total. The van der Waals surface area contributed by atoms with Crippen molar-refractivity contribution >= 4 is 10.0 Å². The molecule has 0 unspecified atom stereocenters. The number of nitrogens with two attached hydrogens (primary N) is 1. The van der Waals surface area contributed by atoms with Crippen molar-refractivity contribution < 1.29 is 30.4 Å². The summed E-state index contributed by atoms with van der Waals surface area (Å²) in [5.74, 6) is 0. The highest BCUT2D eigenvalue weighted by atomic mass is 32.2. The second kappa shape index (κ2) is 4.18. The van der Waals surface area contributed by atoms with Crippen LogP contribution in [-0.4, -0.2) is 13.4 Å². The van der Waals surface area contributed by atoms with Gasteiger partial charge in [-0.05, 0) is 6.07 Å². The van der Waals surface area contributed by atoms with Gasteiger partial charge in [0.05, 0.1) is 11.1 Å². The Morgan fingerprint density at radius 1 is 1.29 bits per heavy atom. The van der Waals surface area contributed by atoms with E-state index in [9.17, 15) is 30.4 Å². The third-order valence-electron chi connectivity index (χ3n) is 1.71. The summed E-state index contributed by atoms with van der Waals surface area (Å²) in [6.07, 6.45) is -8.20. The summed E-state index contributed by atoms with van der Waals surface area (Å²) in [4.78, 5) is 2.82. The van der Waals surface area contributed by atoms with Gasteiger partial charge in [-0.3, -0.25) is 0 Å². The zero-order valence-corrected chi connectivity index (χ0v) is 8.69. The fraction of sp³-hybridized carbons (Fsp3) is 0.286. The molecule has 96 valence electrons. The van der Waals surface area contributed by atoms with Crippen LogP contribution in [0.5, 0.6) is 0 Å². The van der Waals surface area contributed by atoms with E-state index in [0.717, 1.165) is 0 Å². The zero-order valence-electron chi connectivity index (χ0n) is 7.87. The number of halogens is 5. The lowest BCUT2D eigenvalue weighted by Gasteiger charge is -2.10. The Hall–Kier alpha value is -1.29. The van der Waals surface area contributed by atoms with Crippen LogP contribution in [0.15, 0.2) is 17.3 Å². The van der Waals surface area contributed by atoms with Crippen molar-refractivity contribution in [1.82, 2.24) is 4.98 Å². The van der Waals surface area contributed by atoms with Gasteiger partial charge in [0.15, 0.2) is 5.03 Å². The number of pyridine rings is 1. The maximum atomic E-state index is 12.4. The molecule has 0 amide bonds. The average molecular weight is 276 g/mol. The van der Waals surface area contributed by atoms with Gasteiger partial charge < -0.3 is 0 Å². The number of hydrogen-bond acceptors (Lipinski definition) is 3. The monoisotopic (exact) mass is 276 g/mol. The molecule has 1 heterocycles. The van der Waals surface area contributed by atoms with Crippen LogP contribution in [0, 0.1) is 0 Å². The topological polar surface area (TPSA) is 73.1 Å². The van der Waals surface area contributed by atoms with Crippen molar-refractivity contribution in [2.24, 2.45) is 5.14 Å². The van der Waals surface area contributed by atoms with Gasteiger partial charge in [0.25, 0.3) is 16.4 Å². The van der Waals surface area contributed by atoms with Gasteiger partial charge >= 0.3 is 6.18 Å². The van der Waals surface area contributed by atoms with Gasteiger partial charge in [-0.1, -0.05) is 0 Å². The van der Waals surface area contributed by atoms with Crippen LogP contribution in [0.25, 0.3) is 0 Å². The van der Waals surface area contributed by atoms with Crippen molar-refractivity contribution in [2.45, 2.75) is 17.6 Å². The standard InChI is InChI=1S/C7H5F5N2O2S/c8-5(9)4-1-3(7(10,11)12)2-14-6(4)17(13,15)16/h1-2,5H,(H2,13,15,16). The van der Waals surface area contributed by atoms with Crippen LogP contribution in [-0.2, 0) is 16.2 Å². The minimum absolute atomic E-state index is 0.0113. The molecule has 0 atom stereocenters. The van der Waals surface area contributed by atoms with E-state index < -0.39 is 38.8 Å². The molecule has 0 aliphatic heterocycles. The van der Waals surface area contributed by atoms with E-state index in [-0.39, 0.29) is 12.3 Å². The van der Waals surface area contributed by atoms with Crippen LogP contribution < -0.4 is 5.14 Å². The highest BCUT2D eigenvalue weighted by Crippen LogP contribution is 2.33. The van der Waals surface area contributed by atoms with E-state index in [4.69, 9.17) is 0 Å². The second-order valence-corrected chi connectivity index (χ2v) is 4.44. The fourth-order valence-electron chi connectivity index (χ4n) is 1.02. The number of aromatic nitrogens is 1. The Balaban J connectivity index is 3.49. The number of primary sulfonamides is 1. The third-order valence-corrected chi connectivity index (χ3v) is 2.59. The van der Waals surface area contributed by atoms with E-state index in [1.54, 1.807) is 0 Å². The van der Waals surface area contributed by atoms with Gasteiger partial charge in [-0.25, -0.2) is 27.3 Å². The molecule has 0 spiro atoms. The normalized spacial score (nSPS) is 13.1. The summed E-state index contributed by atoms with van der Waals surface area (Å²) in [7, 11) is -4.60. The number of rotatable bonds is 2. The van der Waals surface area contributed by atoms with Gasteiger partial charge in [0, 0.05) is 6.20 Å². The Kier molecular flexibility index (Phi) is 3.39. The van der Waals surface area contributed by atoms with Crippen LogP contribution in [0.4, 0.5) is 22.0 Å². The molecule has 0 aliphatic rings. The van der Waals surface area contributed by atoms with Crippen molar-refractivity contribution in [3.63, 3.8) is 0 Å². The largest absolute Gasteiger partial charge is 0.417 e. The van der Waals surface area contributed by atoms with Crippen LogP contribution >= 0.6 is 0 Å². The van der Waals surface area contributed by atoms with E-state index in [1.807, 2.05) is 0 Å². The molecule has 0 aliphatic carbocycles. The highest BCUT2D eigenvalue weighted by molar-refractivity contribution is 7.89. The first-order chi connectivity index (χ1) is 7.53. The predicted octanol–water partition coefficient (Wildman–Crippen LogP) is 1.69. The first-order valence-corrected chi connectivity index (χ1v) is 5.46. The molecule has 0 bridgehead atoms. The molecule has 0 saturated carbocycles. The van der Waals surface area contributed by atoms with Gasteiger partial charge in [-0.2, -0.15) is 13.2 Å². The summed E-state index contributed by atoms with van der Waals surface area (Å²) in [6, 6.07) is 0.0113. The number of alkyl halides is 5. The van der Waals surface area contributed by atoms with Crippen molar-refractivity contribution in [3.8, 4) is 0 Å². The SMILES string of the molecule is NS(=O)(=O)c1ncc(C(F)(F)F)cc1C(F)F. The Labute approximate surface area is 92.3 Å². The number of nitrogens with zero attached hydrogens (tertiary/aromatic N) is 1. The lowest BCUT2D eigenvalue weighted by molar-refractivity contribution is -0.138. The molecule has 0 saturated heterocycles. The lowest BCUT2D eigenvalue weighted by atomic mass is 10.2. The summed E-state index contributed by atoms with van der Waals surface area (Å²) in [5, 5.41) is 3.29. The molecule has 0 aromatic carbocycles. The summed E-state index contributed by atoms with van der Waals surface area (Å²) in [6.45, 7) is 0. The van der Waals surface area contributed by atoms with Crippen molar-refractivity contribution in [1.29, 1.82) is 0 Å². The molecule has 10 heteroatoms. The first-order valence-electron chi connectivity index (χ1n) is 3.91. The summed E-state index contributed by atoms with van der Waals surface area (Å²) < 4.78 is 83.0. The van der Waals surface area contributed by atoms with E-state index in [0.29, 0.717) is 0 Å². The first kappa shape index (κ1) is 13.8. The van der Waals surface area contributed by atoms with Gasteiger partial charge in [0.2, 0.25) is 0 Å². The molecule has 1 rings (SSSR count). The zero-order chi connectivity index (χ0) is 13.4. The number of sulfonamides is 1. The van der Waals surface area contributed by atoms with E-state index in [2.05, 4.69) is 10.1 Å². The minimum atomic E-state index is -4.90. The van der Waals surface area contributed by atoms with E-state index in [1.165, 1.54) is 0 Å². The maximum Gasteiger partial charge on any atom is 0.417 e. The Bertz CT molecular complexity index is 526. The van der Waals surface area contributed by atoms with Crippen LogP contribution in [0.3, 0.4) is 0 Å². The quantitative estimate of drug-likeness (QED) is 0.835. The van der Waals surface area contributed by atoms with Crippen LogP contribution in [0.2, 0.25) is 0 Å². The average Bonchev–Trinajstić information content (AvgIpc) is 2.14. The van der Waals surface area contributed by atoms with E-state index >= 15 is 0 Å². The van der Waals surface area contributed by atoms with Gasteiger partial charge in [-0.15, -0.1) is 0 Å². The molecule has 0 fully saturated rings. The third kappa shape index (κ3) is 3.09. The Morgan fingerprint density at radius 3 is 2.18 bits per heavy atom. The molecule has 1 aromatic heterocycles. The van der Waals surface area contributed by atoms with Crippen molar-refractivity contribution in [2.75, 3.05) is 0 Å². The maximum absolute atomic E-state index is 12.4. The molecule has 2 N–H and O–H groups in total. The minimum Gasteiger partial charge on any atom is -0.242 e. The molecule has 0 radical (unpaired) electrons. The second-order valence-electron chi connectivity index (χ2n) is 2.96. The summed E-state index contributed by atoms with van der Waals surface area (Å²) >= 11 is 0. The molecule has 17 heavy (non-hydrogen) atoms. The lowest BCUT2D eigenvalue weighted by Crippen LogP contribution is -2.18. The predicted molar refractivity (Wildman–Crippen MR) is 45.6 cm³/mol.